The number of nitrogens with one attached hydrogen (secondary N) is 1. The van der Waals surface area contributed by atoms with E-state index in [1.165, 1.54) is 17.3 Å². The summed E-state index contributed by atoms with van der Waals surface area (Å²) >= 11 is 3.04. The molecule has 4 aromatic rings. The molecule has 152 valence electrons. The molecule has 1 amide bonds. The molecule has 8 heteroatoms. The Morgan fingerprint density at radius 3 is 3.07 bits per heavy atom. The lowest BCUT2D eigenvalue weighted by atomic mass is 10.1. The van der Waals surface area contributed by atoms with Gasteiger partial charge in [-0.3, -0.25) is 4.79 Å². The minimum atomic E-state index is -0.0625. The summed E-state index contributed by atoms with van der Waals surface area (Å²) in [6.07, 6.45) is 1.10. The van der Waals surface area contributed by atoms with Gasteiger partial charge in [-0.2, -0.15) is 0 Å². The van der Waals surface area contributed by atoms with Gasteiger partial charge in [0, 0.05) is 18.1 Å². The number of nitrogens with zero attached hydrogens (tertiary/aromatic N) is 2. The van der Waals surface area contributed by atoms with Crippen molar-refractivity contribution < 1.29 is 14.1 Å². The second kappa shape index (κ2) is 8.12. The predicted octanol–water partition coefficient (Wildman–Crippen LogP) is 4.68. The van der Waals surface area contributed by atoms with E-state index in [0.717, 1.165) is 32.3 Å². The van der Waals surface area contributed by atoms with Gasteiger partial charge in [-0.05, 0) is 42.8 Å². The van der Waals surface area contributed by atoms with Crippen molar-refractivity contribution in [3.8, 4) is 17.1 Å². The molecule has 1 aliphatic heterocycles. The van der Waals surface area contributed by atoms with Crippen molar-refractivity contribution in [1.82, 2.24) is 15.5 Å². The Labute approximate surface area is 181 Å². The highest BCUT2D eigenvalue weighted by atomic mass is 32.2. The molecule has 5 rings (SSSR count). The number of fused-ring (bicyclic) bond motifs is 2. The molecule has 0 fully saturated rings. The summed E-state index contributed by atoms with van der Waals surface area (Å²) in [4.78, 5) is 16.7. The fourth-order valence-corrected chi connectivity index (χ4v) is 5.29. The average molecular weight is 438 g/mol. The Hall–Kier alpha value is -2.84. The number of amides is 1. The minimum absolute atomic E-state index is 0.0625. The number of para-hydroxylation sites is 1. The lowest BCUT2D eigenvalue weighted by Crippen LogP contribution is -2.24. The molecule has 1 atom stereocenters. The molecular weight excluding hydrogens is 418 g/mol. The van der Waals surface area contributed by atoms with E-state index in [1.807, 2.05) is 42.5 Å². The van der Waals surface area contributed by atoms with E-state index in [1.54, 1.807) is 11.3 Å². The summed E-state index contributed by atoms with van der Waals surface area (Å²) in [7, 11) is 0. The van der Waals surface area contributed by atoms with Gasteiger partial charge in [-0.25, -0.2) is 4.98 Å². The molecule has 3 heterocycles. The summed E-state index contributed by atoms with van der Waals surface area (Å²) in [5.41, 5.74) is 3.79. The van der Waals surface area contributed by atoms with E-state index in [0.29, 0.717) is 23.8 Å². The topological polar surface area (TPSA) is 77.3 Å². The van der Waals surface area contributed by atoms with E-state index in [-0.39, 0.29) is 12.0 Å². The lowest BCUT2D eigenvalue weighted by Gasteiger charge is -2.02. The maximum Gasteiger partial charge on any atom is 0.230 e. The quantitative estimate of drug-likeness (QED) is 0.441. The summed E-state index contributed by atoms with van der Waals surface area (Å²) in [5.74, 6) is 1.87. The van der Waals surface area contributed by atoms with E-state index in [9.17, 15) is 4.79 Å². The Kier molecular flexibility index (Phi) is 5.18. The van der Waals surface area contributed by atoms with Crippen LogP contribution in [0.2, 0.25) is 0 Å². The van der Waals surface area contributed by atoms with Crippen LogP contribution in [-0.2, 0) is 17.8 Å². The zero-order chi connectivity index (χ0) is 20.5. The first-order valence-electron chi connectivity index (χ1n) is 9.65. The lowest BCUT2D eigenvalue weighted by molar-refractivity contribution is -0.118. The van der Waals surface area contributed by atoms with Crippen molar-refractivity contribution >= 4 is 39.2 Å². The van der Waals surface area contributed by atoms with Crippen molar-refractivity contribution in [2.75, 3.05) is 5.75 Å². The monoisotopic (exact) mass is 437 g/mol. The number of hydrogen-bond acceptors (Lipinski definition) is 7. The van der Waals surface area contributed by atoms with Crippen LogP contribution in [0.3, 0.4) is 0 Å². The largest absolute Gasteiger partial charge is 0.490 e. The van der Waals surface area contributed by atoms with Gasteiger partial charge < -0.3 is 14.6 Å². The van der Waals surface area contributed by atoms with Crippen LogP contribution >= 0.6 is 23.1 Å². The maximum atomic E-state index is 12.2. The molecule has 2 aromatic heterocycles. The summed E-state index contributed by atoms with van der Waals surface area (Å²) in [5, 5.41) is 6.97. The Balaban J connectivity index is 1.16. The number of aromatic nitrogens is 2. The predicted molar refractivity (Wildman–Crippen MR) is 118 cm³/mol. The number of carbonyl (C=O) groups is 1. The smallest absolute Gasteiger partial charge is 0.230 e. The minimum Gasteiger partial charge on any atom is -0.490 e. The van der Waals surface area contributed by atoms with Gasteiger partial charge in [0.15, 0.2) is 10.1 Å². The van der Waals surface area contributed by atoms with Crippen LogP contribution in [0.1, 0.15) is 18.2 Å². The van der Waals surface area contributed by atoms with Crippen LogP contribution in [-0.4, -0.2) is 27.9 Å². The van der Waals surface area contributed by atoms with E-state index in [2.05, 4.69) is 28.4 Å². The molecule has 0 spiro atoms. The molecule has 2 aromatic carbocycles. The van der Waals surface area contributed by atoms with Crippen molar-refractivity contribution in [3.63, 3.8) is 0 Å². The van der Waals surface area contributed by atoms with Crippen molar-refractivity contribution in [1.29, 1.82) is 0 Å². The molecule has 0 saturated heterocycles. The van der Waals surface area contributed by atoms with E-state index in [4.69, 9.17) is 9.26 Å². The molecule has 1 aliphatic rings. The highest BCUT2D eigenvalue weighted by molar-refractivity contribution is 8.01. The molecule has 0 unspecified atom stereocenters. The molecule has 0 saturated carbocycles. The summed E-state index contributed by atoms with van der Waals surface area (Å²) in [6.45, 7) is 2.39. The molecule has 30 heavy (non-hydrogen) atoms. The first-order valence-corrected chi connectivity index (χ1v) is 11.4. The normalized spacial score (nSPS) is 15.2. The number of ether oxygens (including phenoxy) is 1. The van der Waals surface area contributed by atoms with E-state index < -0.39 is 0 Å². The van der Waals surface area contributed by atoms with Gasteiger partial charge in [-0.15, -0.1) is 11.3 Å². The van der Waals surface area contributed by atoms with Crippen LogP contribution in [0.5, 0.6) is 5.75 Å². The van der Waals surface area contributed by atoms with Crippen LogP contribution in [0.15, 0.2) is 57.4 Å². The fraction of sp³-hybridized carbons (Fsp3) is 0.227. The third-order valence-electron chi connectivity index (χ3n) is 4.81. The first kappa shape index (κ1) is 19.1. The number of benzene rings is 2. The van der Waals surface area contributed by atoms with Crippen LogP contribution < -0.4 is 10.1 Å². The average Bonchev–Trinajstić information content (AvgIpc) is 3.46. The highest BCUT2D eigenvalue weighted by Gasteiger charge is 2.20. The number of thiazole rings is 1. The zero-order valence-electron chi connectivity index (χ0n) is 16.3. The molecule has 1 N–H and O–H groups in total. The van der Waals surface area contributed by atoms with Crippen LogP contribution in [0.4, 0.5) is 0 Å². The fourth-order valence-electron chi connectivity index (χ4n) is 3.39. The Morgan fingerprint density at radius 2 is 2.17 bits per heavy atom. The van der Waals surface area contributed by atoms with Gasteiger partial charge in [0.05, 0.1) is 22.5 Å². The standard InChI is InChI=1S/C22H19N3O3S2/c1-13-8-15-9-14(6-7-18(15)27-13)19-10-16(25-28-19)11-23-21(26)12-29-22-24-17-4-2-3-5-20(17)30-22/h2-7,9-10,13H,8,11-12H2,1H3,(H,23,26)/t13-/m0/s1. The maximum absolute atomic E-state index is 12.2. The number of hydrogen-bond donors (Lipinski definition) is 1. The highest BCUT2D eigenvalue weighted by Crippen LogP contribution is 2.33. The first-order chi connectivity index (χ1) is 14.6. The number of rotatable bonds is 6. The summed E-state index contributed by atoms with van der Waals surface area (Å²) < 4.78 is 13.2. The van der Waals surface area contributed by atoms with Crippen LogP contribution in [0, 0.1) is 0 Å². The Morgan fingerprint density at radius 1 is 1.27 bits per heavy atom. The second-order valence-corrected chi connectivity index (χ2v) is 9.40. The van der Waals surface area contributed by atoms with Gasteiger partial charge in [-0.1, -0.05) is 29.1 Å². The van der Waals surface area contributed by atoms with Crippen molar-refractivity contribution in [2.24, 2.45) is 0 Å². The number of thioether (sulfide) groups is 1. The van der Waals surface area contributed by atoms with Gasteiger partial charge >= 0.3 is 0 Å². The summed E-state index contributed by atoms with van der Waals surface area (Å²) in [6, 6.07) is 15.8. The molecule has 0 radical (unpaired) electrons. The third kappa shape index (κ3) is 4.06. The Bertz CT molecular complexity index is 1180. The van der Waals surface area contributed by atoms with E-state index >= 15 is 0 Å². The molecular formula is C22H19N3O3S2. The van der Waals surface area contributed by atoms with Gasteiger partial charge in [0.25, 0.3) is 0 Å². The van der Waals surface area contributed by atoms with Crippen molar-refractivity contribution in [3.05, 3.63) is 59.8 Å². The molecule has 0 bridgehead atoms. The third-order valence-corrected chi connectivity index (χ3v) is 6.99. The molecule has 0 aliphatic carbocycles. The zero-order valence-corrected chi connectivity index (χ0v) is 17.9. The van der Waals surface area contributed by atoms with Crippen LogP contribution in [0.25, 0.3) is 21.5 Å². The molecule has 6 nitrogen and oxygen atoms in total. The SMILES string of the molecule is C[C@H]1Cc2cc(-c3cc(CNC(=O)CSc4nc5ccccc5s4)no3)ccc2O1. The second-order valence-electron chi connectivity index (χ2n) is 7.15. The van der Waals surface area contributed by atoms with Crippen molar-refractivity contribution in [2.45, 2.75) is 30.3 Å². The van der Waals surface area contributed by atoms with Gasteiger partial charge in [0.1, 0.15) is 17.5 Å². The number of carbonyl (C=O) groups excluding carboxylic acids is 1. The van der Waals surface area contributed by atoms with Gasteiger partial charge in [0.2, 0.25) is 5.91 Å².